The Kier molecular flexibility index (Phi) is 5.61. The van der Waals surface area contributed by atoms with E-state index in [0.717, 1.165) is 13.0 Å². The Bertz CT molecular complexity index is 461. The Morgan fingerprint density at radius 3 is 3.00 bits per heavy atom. The van der Waals surface area contributed by atoms with Gasteiger partial charge in [0.1, 0.15) is 5.82 Å². The van der Waals surface area contributed by atoms with E-state index in [-0.39, 0.29) is 0 Å². The molecule has 2 aromatic rings. The van der Waals surface area contributed by atoms with Gasteiger partial charge in [0, 0.05) is 36.8 Å². The van der Waals surface area contributed by atoms with E-state index in [9.17, 15) is 0 Å². The number of likely N-dealkylation sites (N-methyl/N-ethyl adjacent to an activating group) is 1. The minimum atomic E-state index is 0.533. The molecule has 4 heteroatoms. The monoisotopic (exact) mass is 277 g/mol. The Balaban J connectivity index is 1.80. The van der Waals surface area contributed by atoms with Crippen molar-refractivity contribution in [3.8, 4) is 0 Å². The number of aromatic nitrogens is 2. The first-order chi connectivity index (χ1) is 9.29. The van der Waals surface area contributed by atoms with E-state index < -0.39 is 0 Å². The summed E-state index contributed by atoms with van der Waals surface area (Å²) < 4.78 is 2.11. The summed E-state index contributed by atoms with van der Waals surface area (Å²) in [5, 5.41) is 5.74. The average Bonchev–Trinajstić information content (AvgIpc) is 3.02. The summed E-state index contributed by atoms with van der Waals surface area (Å²) in [6, 6.07) is 4.90. The van der Waals surface area contributed by atoms with E-state index >= 15 is 0 Å². The molecular weight excluding hydrogens is 254 g/mol. The van der Waals surface area contributed by atoms with Crippen LogP contribution in [-0.4, -0.2) is 22.1 Å². The molecule has 2 heterocycles. The third kappa shape index (κ3) is 4.48. The maximum Gasteiger partial charge on any atom is 0.109 e. The molecule has 1 unspecified atom stereocenters. The van der Waals surface area contributed by atoms with Gasteiger partial charge in [0.05, 0.1) is 0 Å². The zero-order chi connectivity index (χ0) is 13.5. The normalized spacial score (nSPS) is 12.7. The highest BCUT2D eigenvalue weighted by Crippen LogP contribution is 2.14. The first-order valence-electron chi connectivity index (χ1n) is 7.01. The second-order valence-electron chi connectivity index (χ2n) is 4.88. The molecule has 0 saturated heterocycles. The molecule has 2 aromatic heterocycles. The molecule has 104 valence electrons. The lowest BCUT2D eigenvalue weighted by Gasteiger charge is -2.17. The van der Waals surface area contributed by atoms with Crippen molar-refractivity contribution in [3.05, 3.63) is 40.6 Å². The van der Waals surface area contributed by atoms with Crippen molar-refractivity contribution < 1.29 is 0 Å². The van der Waals surface area contributed by atoms with Crippen LogP contribution in [0.1, 0.15) is 30.5 Å². The summed E-state index contributed by atoms with van der Waals surface area (Å²) in [6.07, 6.45) is 8.55. The van der Waals surface area contributed by atoms with E-state index in [4.69, 9.17) is 0 Å². The molecule has 0 aliphatic heterocycles. The van der Waals surface area contributed by atoms with E-state index in [2.05, 4.69) is 46.4 Å². The molecule has 0 spiro atoms. The summed E-state index contributed by atoms with van der Waals surface area (Å²) in [5.41, 5.74) is 0. The fourth-order valence-electron chi connectivity index (χ4n) is 2.36. The Morgan fingerprint density at radius 1 is 1.47 bits per heavy atom. The lowest BCUT2D eigenvalue weighted by molar-refractivity contribution is 0.464. The number of nitrogens with zero attached hydrogens (tertiary/aromatic N) is 2. The minimum absolute atomic E-state index is 0.533. The molecule has 0 fully saturated rings. The second-order valence-corrected chi connectivity index (χ2v) is 5.92. The third-order valence-corrected chi connectivity index (χ3v) is 4.33. The first kappa shape index (κ1) is 14.3. The van der Waals surface area contributed by atoms with Gasteiger partial charge < -0.3 is 9.88 Å². The van der Waals surface area contributed by atoms with Crippen LogP contribution in [0.5, 0.6) is 0 Å². The van der Waals surface area contributed by atoms with Crippen LogP contribution in [-0.2, 0) is 19.9 Å². The number of imidazole rings is 1. The maximum atomic E-state index is 4.42. The smallest absolute Gasteiger partial charge is 0.109 e. The Hall–Kier alpha value is -1.13. The van der Waals surface area contributed by atoms with Crippen molar-refractivity contribution in [1.29, 1.82) is 0 Å². The summed E-state index contributed by atoms with van der Waals surface area (Å²) in [7, 11) is 2.07. The number of nitrogens with one attached hydrogen (secondary N) is 1. The van der Waals surface area contributed by atoms with Gasteiger partial charge in [0.2, 0.25) is 0 Å². The van der Waals surface area contributed by atoms with Crippen LogP contribution >= 0.6 is 11.3 Å². The number of aryl methyl sites for hydroxylation is 2. The molecule has 0 saturated carbocycles. The predicted molar refractivity (Wildman–Crippen MR) is 81.6 cm³/mol. The van der Waals surface area contributed by atoms with Crippen molar-refractivity contribution >= 4 is 11.3 Å². The summed E-state index contributed by atoms with van der Waals surface area (Å²) in [5.74, 6) is 1.17. The van der Waals surface area contributed by atoms with Crippen LogP contribution in [0.3, 0.4) is 0 Å². The van der Waals surface area contributed by atoms with Crippen LogP contribution in [0.25, 0.3) is 0 Å². The van der Waals surface area contributed by atoms with Gasteiger partial charge in [0.15, 0.2) is 0 Å². The molecule has 0 aliphatic rings. The molecule has 1 N–H and O–H groups in total. The van der Waals surface area contributed by atoms with Gasteiger partial charge in [-0.1, -0.05) is 13.0 Å². The first-order valence-corrected chi connectivity index (χ1v) is 7.89. The largest absolute Gasteiger partial charge is 0.338 e. The predicted octanol–water partition coefficient (Wildman–Crippen LogP) is 3.03. The fraction of sp³-hybridized carbons (Fsp3) is 0.533. The zero-order valence-corrected chi connectivity index (χ0v) is 12.6. The van der Waals surface area contributed by atoms with Gasteiger partial charge in [-0.25, -0.2) is 4.98 Å². The highest BCUT2D eigenvalue weighted by Gasteiger charge is 2.11. The van der Waals surface area contributed by atoms with Gasteiger partial charge in [-0.2, -0.15) is 0 Å². The Labute approximate surface area is 119 Å². The van der Waals surface area contributed by atoms with E-state index in [1.807, 2.05) is 23.7 Å². The molecule has 0 bridgehead atoms. The van der Waals surface area contributed by atoms with Crippen LogP contribution in [0.15, 0.2) is 29.9 Å². The molecule has 0 aliphatic carbocycles. The van der Waals surface area contributed by atoms with Crippen molar-refractivity contribution in [2.75, 3.05) is 6.54 Å². The summed E-state index contributed by atoms with van der Waals surface area (Å²) >= 11 is 1.86. The topological polar surface area (TPSA) is 29.9 Å². The molecule has 0 aromatic carbocycles. The van der Waals surface area contributed by atoms with Crippen LogP contribution in [0.4, 0.5) is 0 Å². The third-order valence-electron chi connectivity index (χ3n) is 3.40. The lowest BCUT2D eigenvalue weighted by Crippen LogP contribution is -2.32. The number of thiophene rings is 1. The highest BCUT2D eigenvalue weighted by atomic mass is 32.1. The van der Waals surface area contributed by atoms with Crippen molar-refractivity contribution in [2.45, 2.75) is 38.6 Å². The number of rotatable bonds is 8. The molecule has 0 radical (unpaired) electrons. The van der Waals surface area contributed by atoms with Gasteiger partial charge in [-0.3, -0.25) is 0 Å². The van der Waals surface area contributed by atoms with Gasteiger partial charge >= 0.3 is 0 Å². The molecule has 1 atom stereocenters. The van der Waals surface area contributed by atoms with Crippen LogP contribution in [0.2, 0.25) is 0 Å². The summed E-state index contributed by atoms with van der Waals surface area (Å²) in [4.78, 5) is 5.91. The molecule has 3 nitrogen and oxygen atoms in total. The lowest BCUT2D eigenvalue weighted by atomic mass is 10.1. The SMILES string of the molecule is CCNC(CCCc1cccs1)Cc1nccn1C. The van der Waals surface area contributed by atoms with Crippen LogP contribution in [0, 0.1) is 0 Å². The average molecular weight is 277 g/mol. The quantitative estimate of drug-likeness (QED) is 0.804. The minimum Gasteiger partial charge on any atom is -0.338 e. The highest BCUT2D eigenvalue weighted by molar-refractivity contribution is 7.09. The summed E-state index contributed by atoms with van der Waals surface area (Å²) in [6.45, 7) is 3.19. The number of hydrogen-bond acceptors (Lipinski definition) is 3. The standard InChI is InChI=1S/C15H23N3S/c1-3-16-13(12-15-17-9-10-18(15)2)6-4-7-14-8-5-11-19-14/h5,8-11,13,16H,3-4,6-7,12H2,1-2H3. The van der Waals surface area contributed by atoms with Crippen molar-refractivity contribution in [2.24, 2.45) is 7.05 Å². The molecular formula is C15H23N3S. The maximum absolute atomic E-state index is 4.42. The van der Waals surface area contributed by atoms with Gasteiger partial charge in [0.25, 0.3) is 0 Å². The fourth-order valence-corrected chi connectivity index (χ4v) is 3.11. The number of hydrogen-bond donors (Lipinski definition) is 1. The van der Waals surface area contributed by atoms with Crippen molar-refractivity contribution in [3.63, 3.8) is 0 Å². The second kappa shape index (κ2) is 7.46. The van der Waals surface area contributed by atoms with E-state index in [1.165, 1.54) is 30.0 Å². The van der Waals surface area contributed by atoms with Gasteiger partial charge in [-0.05, 0) is 37.3 Å². The van der Waals surface area contributed by atoms with Crippen LogP contribution < -0.4 is 5.32 Å². The molecule has 19 heavy (non-hydrogen) atoms. The van der Waals surface area contributed by atoms with Gasteiger partial charge in [-0.15, -0.1) is 11.3 Å². The molecule has 2 rings (SSSR count). The zero-order valence-electron chi connectivity index (χ0n) is 11.8. The van der Waals surface area contributed by atoms with E-state index in [0.29, 0.717) is 6.04 Å². The van der Waals surface area contributed by atoms with Crippen molar-refractivity contribution in [1.82, 2.24) is 14.9 Å². The van der Waals surface area contributed by atoms with E-state index in [1.54, 1.807) is 0 Å². The Morgan fingerprint density at radius 2 is 2.37 bits per heavy atom. The molecule has 0 amide bonds.